The second-order valence-electron chi connectivity index (χ2n) is 9.49. The predicted molar refractivity (Wildman–Crippen MR) is 129 cm³/mol. The average Bonchev–Trinajstić information content (AvgIpc) is 2.86. The van der Waals surface area contributed by atoms with Crippen molar-refractivity contribution in [3.63, 3.8) is 0 Å². The van der Waals surface area contributed by atoms with Gasteiger partial charge in [-0.1, -0.05) is 30.3 Å². The van der Waals surface area contributed by atoms with Gasteiger partial charge in [0.2, 0.25) is 0 Å². The molecule has 6 nitrogen and oxygen atoms in total. The summed E-state index contributed by atoms with van der Waals surface area (Å²) in [4.78, 5) is 18.0. The maximum Gasteiger partial charge on any atom is 0.317 e. The number of fused-ring (bicyclic) bond motifs is 4. The summed E-state index contributed by atoms with van der Waals surface area (Å²) in [5, 5.41) is 3.19. The number of urea groups is 1. The van der Waals surface area contributed by atoms with Crippen LogP contribution in [0.2, 0.25) is 0 Å². The van der Waals surface area contributed by atoms with E-state index in [1.165, 1.54) is 23.1 Å². The molecule has 0 spiro atoms. The Balaban J connectivity index is 1.33. The van der Waals surface area contributed by atoms with Crippen LogP contribution < -0.4 is 14.8 Å². The molecule has 2 amide bonds. The lowest BCUT2D eigenvalue weighted by molar-refractivity contribution is 0.00479. The molecule has 3 heterocycles. The molecule has 2 aromatic rings. The zero-order chi connectivity index (χ0) is 22.8. The fourth-order valence-electron chi connectivity index (χ4n) is 6.21. The van der Waals surface area contributed by atoms with E-state index in [1.807, 2.05) is 30.3 Å². The van der Waals surface area contributed by atoms with Gasteiger partial charge >= 0.3 is 6.03 Å². The molecule has 0 aliphatic carbocycles. The lowest BCUT2D eigenvalue weighted by atomic mass is 9.76. The number of nitrogens with one attached hydrogen (secondary N) is 1. The average molecular weight is 450 g/mol. The van der Waals surface area contributed by atoms with E-state index in [1.54, 1.807) is 14.2 Å². The molecule has 3 aliphatic rings. The van der Waals surface area contributed by atoms with E-state index in [0.717, 1.165) is 56.8 Å². The Morgan fingerprint density at radius 2 is 1.85 bits per heavy atom. The second kappa shape index (κ2) is 9.64. The Morgan fingerprint density at radius 3 is 2.64 bits per heavy atom. The van der Waals surface area contributed by atoms with E-state index in [-0.39, 0.29) is 18.1 Å². The third-order valence-electron chi connectivity index (χ3n) is 7.78. The van der Waals surface area contributed by atoms with Gasteiger partial charge in [0.25, 0.3) is 0 Å². The van der Waals surface area contributed by atoms with Crippen molar-refractivity contribution >= 4 is 6.03 Å². The van der Waals surface area contributed by atoms with Crippen molar-refractivity contribution < 1.29 is 14.3 Å². The molecule has 0 bridgehead atoms. The first-order valence-corrected chi connectivity index (χ1v) is 12.3. The number of likely N-dealkylation sites (tertiary alicyclic amines) is 1. The number of piperidine rings is 2. The van der Waals surface area contributed by atoms with Crippen LogP contribution in [0.25, 0.3) is 0 Å². The highest BCUT2D eigenvalue weighted by Gasteiger charge is 2.45. The highest BCUT2D eigenvalue weighted by atomic mass is 16.5. The van der Waals surface area contributed by atoms with E-state index in [4.69, 9.17) is 9.47 Å². The van der Waals surface area contributed by atoms with Gasteiger partial charge in [0.05, 0.1) is 14.2 Å². The quantitative estimate of drug-likeness (QED) is 0.749. The number of benzene rings is 2. The van der Waals surface area contributed by atoms with Gasteiger partial charge in [-0.2, -0.15) is 0 Å². The first-order chi connectivity index (χ1) is 16.2. The number of hydrogen-bond acceptors (Lipinski definition) is 4. The highest BCUT2D eigenvalue weighted by molar-refractivity contribution is 5.74. The van der Waals surface area contributed by atoms with Crippen molar-refractivity contribution in [1.82, 2.24) is 15.1 Å². The molecule has 1 N–H and O–H groups in total. The summed E-state index contributed by atoms with van der Waals surface area (Å²) in [6.45, 7) is 3.59. The molecule has 2 fully saturated rings. The molecule has 0 aromatic heterocycles. The van der Waals surface area contributed by atoms with E-state index < -0.39 is 0 Å². The molecule has 2 aromatic carbocycles. The summed E-state index contributed by atoms with van der Waals surface area (Å²) in [6, 6.07) is 15.0. The summed E-state index contributed by atoms with van der Waals surface area (Å²) in [6.07, 6.45) is 5.07. The van der Waals surface area contributed by atoms with Crippen LogP contribution >= 0.6 is 0 Å². The van der Waals surface area contributed by atoms with Crippen molar-refractivity contribution in [3.8, 4) is 11.5 Å². The van der Waals surface area contributed by atoms with Crippen LogP contribution in [0.3, 0.4) is 0 Å². The first kappa shape index (κ1) is 22.1. The number of carbonyl (C=O) groups is 1. The fraction of sp³-hybridized carbons (Fsp3) is 0.519. The fourth-order valence-corrected chi connectivity index (χ4v) is 6.21. The predicted octanol–water partition coefficient (Wildman–Crippen LogP) is 4.04. The molecule has 3 atom stereocenters. The van der Waals surface area contributed by atoms with Gasteiger partial charge in [-0.15, -0.1) is 0 Å². The number of hydrogen-bond donors (Lipinski definition) is 1. The van der Waals surface area contributed by atoms with E-state index in [9.17, 15) is 4.79 Å². The summed E-state index contributed by atoms with van der Waals surface area (Å²) in [5.74, 6) is 2.42. The van der Waals surface area contributed by atoms with Crippen LogP contribution in [-0.2, 0) is 12.8 Å². The minimum absolute atomic E-state index is 0.0859. The number of rotatable bonds is 5. The Bertz CT molecular complexity index is 980. The molecule has 5 rings (SSSR count). The van der Waals surface area contributed by atoms with Gasteiger partial charge in [0.1, 0.15) is 11.5 Å². The van der Waals surface area contributed by atoms with Gasteiger partial charge in [-0.3, -0.25) is 4.90 Å². The zero-order valence-electron chi connectivity index (χ0n) is 19.8. The van der Waals surface area contributed by atoms with Crippen molar-refractivity contribution in [2.24, 2.45) is 5.92 Å². The molecule has 6 heteroatoms. The third kappa shape index (κ3) is 4.29. The van der Waals surface area contributed by atoms with Gasteiger partial charge in [-0.05, 0) is 55.7 Å². The number of carbonyl (C=O) groups excluding carboxylic acids is 1. The molecule has 0 unspecified atom stereocenters. The summed E-state index contributed by atoms with van der Waals surface area (Å²) < 4.78 is 11.5. The maximum absolute atomic E-state index is 13.2. The lowest BCUT2D eigenvalue weighted by Gasteiger charge is -2.52. The minimum atomic E-state index is 0.0859. The van der Waals surface area contributed by atoms with Gasteiger partial charge in [0.15, 0.2) is 0 Å². The number of methoxy groups -OCH3 is 2. The van der Waals surface area contributed by atoms with Gasteiger partial charge in [-0.25, -0.2) is 4.79 Å². The normalized spacial score (nSPS) is 24.3. The Kier molecular flexibility index (Phi) is 6.45. The van der Waals surface area contributed by atoms with Gasteiger partial charge in [0, 0.05) is 49.4 Å². The molecule has 2 saturated heterocycles. The van der Waals surface area contributed by atoms with Crippen molar-refractivity contribution in [2.75, 3.05) is 40.4 Å². The number of amides is 2. The SMILES string of the molecule is COc1ccc(OC)c2c1CCN1C[C@@H]3CCCN(C(=O)NCCc4ccccc4)[C@@H]3C[C@H]21. The number of ether oxygens (including phenoxy) is 2. The van der Waals surface area contributed by atoms with Gasteiger partial charge < -0.3 is 19.7 Å². The summed E-state index contributed by atoms with van der Waals surface area (Å²) >= 11 is 0. The topological polar surface area (TPSA) is 54.0 Å². The minimum Gasteiger partial charge on any atom is -0.496 e. The van der Waals surface area contributed by atoms with Crippen molar-refractivity contribution in [3.05, 3.63) is 59.2 Å². The van der Waals surface area contributed by atoms with Crippen LogP contribution in [0.4, 0.5) is 4.79 Å². The molecule has 0 radical (unpaired) electrons. The molecular weight excluding hydrogens is 414 g/mol. The highest BCUT2D eigenvalue weighted by Crippen LogP contribution is 2.47. The molecular formula is C27H35N3O3. The standard InChI is InChI=1S/C27H35N3O3/c1-32-24-10-11-25(33-2)26-21(24)13-16-29-18-20-9-6-15-30(22(20)17-23(26)29)27(31)28-14-12-19-7-4-3-5-8-19/h3-5,7-8,10-11,20,22-23H,6,9,12-18H2,1-2H3,(H,28,31)/t20-,22+,23+/m0/s1. The molecule has 0 saturated carbocycles. The molecule has 176 valence electrons. The van der Waals surface area contributed by atoms with Crippen LogP contribution in [-0.4, -0.2) is 62.3 Å². The van der Waals surface area contributed by atoms with Crippen LogP contribution in [0.15, 0.2) is 42.5 Å². The van der Waals surface area contributed by atoms with Crippen LogP contribution in [0.1, 0.15) is 42.0 Å². The van der Waals surface area contributed by atoms with E-state index >= 15 is 0 Å². The van der Waals surface area contributed by atoms with Crippen LogP contribution in [0, 0.1) is 5.92 Å². The first-order valence-electron chi connectivity index (χ1n) is 12.3. The van der Waals surface area contributed by atoms with Crippen molar-refractivity contribution in [1.29, 1.82) is 0 Å². The maximum atomic E-state index is 13.2. The van der Waals surface area contributed by atoms with E-state index in [0.29, 0.717) is 12.5 Å². The zero-order valence-corrected chi connectivity index (χ0v) is 19.8. The van der Waals surface area contributed by atoms with Crippen molar-refractivity contribution in [2.45, 2.75) is 44.2 Å². The molecule has 33 heavy (non-hydrogen) atoms. The number of nitrogens with zero attached hydrogens (tertiary/aromatic N) is 2. The Labute approximate surface area is 196 Å². The monoisotopic (exact) mass is 449 g/mol. The Hall–Kier alpha value is -2.73. The summed E-state index contributed by atoms with van der Waals surface area (Å²) in [5.41, 5.74) is 3.78. The van der Waals surface area contributed by atoms with Crippen LogP contribution in [0.5, 0.6) is 11.5 Å². The smallest absolute Gasteiger partial charge is 0.317 e. The third-order valence-corrected chi connectivity index (χ3v) is 7.78. The largest absolute Gasteiger partial charge is 0.496 e. The summed E-state index contributed by atoms with van der Waals surface area (Å²) in [7, 11) is 3.49. The molecule has 3 aliphatic heterocycles. The van der Waals surface area contributed by atoms with E-state index in [2.05, 4.69) is 27.2 Å². The second-order valence-corrected chi connectivity index (χ2v) is 9.49. The lowest BCUT2D eigenvalue weighted by Crippen LogP contribution is -2.59. The Morgan fingerprint density at radius 1 is 1.06 bits per heavy atom.